The second-order valence-electron chi connectivity index (χ2n) is 19.1. The second kappa shape index (κ2) is 20.4. The summed E-state index contributed by atoms with van der Waals surface area (Å²) in [4.78, 5) is 38.1. The number of Topliss-reactive ketones (excluding diaryl/α,β-unsaturated/α-hetero) is 1. The van der Waals surface area contributed by atoms with E-state index in [9.17, 15) is 4.79 Å². The molecule has 0 radical (unpaired) electrons. The lowest BCUT2D eigenvalue weighted by Crippen LogP contribution is -2.59. The molecule has 14 heteroatoms. The number of ketones is 1. The highest BCUT2D eigenvalue weighted by molar-refractivity contribution is 7.15. The van der Waals surface area contributed by atoms with Crippen LogP contribution in [0.1, 0.15) is 113 Å². The average Bonchev–Trinajstić information content (AvgIpc) is 3.99. The van der Waals surface area contributed by atoms with E-state index in [-0.39, 0.29) is 96.8 Å². The van der Waals surface area contributed by atoms with Gasteiger partial charge in [-0.3, -0.25) is 9.59 Å². The van der Waals surface area contributed by atoms with E-state index in [0.717, 1.165) is 61.3 Å². The average molecular weight is 894 g/mol. The number of carbonyl (C=O) groups is 2. The molecule has 17 atom stereocenters. The van der Waals surface area contributed by atoms with E-state index in [0.29, 0.717) is 24.6 Å². The molecule has 0 bridgehead atoms. The molecular formula is C49H71N3O10S. The van der Waals surface area contributed by atoms with Gasteiger partial charge >= 0.3 is 5.97 Å². The Morgan fingerprint density at radius 3 is 2.33 bits per heavy atom. The van der Waals surface area contributed by atoms with Crippen LogP contribution in [-0.4, -0.2) is 125 Å². The van der Waals surface area contributed by atoms with Crippen molar-refractivity contribution in [3.05, 3.63) is 58.1 Å². The standard InChI is InChI=1S/C49H71N3O10S/c1-10-30-17-14-18-38(62-40-20-19-37(52(5)6)27(3)58-40)26(2)43(54)35-23-33-32-21-31(61-48-46(57-9)45(56-8)44(55-7)28(4)59-48)22-36(32)47-42(41(33)34(35)24-39(53)60-30)51-49(63-47)50-25-29-15-12-11-13-16-29/h11-13,15-16,23,26-28,30-34,36-38,40-41,44-46,48H,10,14,17-22,24-25H2,1-9H3,(H,50,51)/t26-,27-,28+,30+,31+,32+,33+,34-,36?,37+,38+,40+,41?,44+,45-,46-,48+/m1/s1. The fourth-order valence-electron chi connectivity index (χ4n) is 11.9. The van der Waals surface area contributed by atoms with Crippen molar-refractivity contribution in [2.24, 2.45) is 23.7 Å². The molecule has 2 aromatic rings. The van der Waals surface area contributed by atoms with E-state index < -0.39 is 18.3 Å². The van der Waals surface area contributed by atoms with Crippen LogP contribution in [0.5, 0.6) is 0 Å². The van der Waals surface area contributed by atoms with E-state index in [2.05, 4.69) is 56.4 Å². The monoisotopic (exact) mass is 893 g/mol. The zero-order valence-electron chi connectivity index (χ0n) is 38.7. The number of thiazole rings is 1. The number of esters is 1. The molecule has 3 saturated heterocycles. The van der Waals surface area contributed by atoms with Gasteiger partial charge in [0, 0.05) is 62.5 Å². The minimum atomic E-state index is -0.659. The van der Waals surface area contributed by atoms with Crippen LogP contribution in [0.15, 0.2) is 42.0 Å². The molecule has 0 amide bonds. The normalized spacial score (nSPS) is 39.6. The number of ether oxygens (including phenoxy) is 8. The first-order valence-electron chi connectivity index (χ1n) is 23.5. The number of likely N-dealkylation sites (N-methyl/N-ethyl adjacent to an activating group) is 1. The summed E-state index contributed by atoms with van der Waals surface area (Å²) in [5, 5.41) is 4.46. The predicted molar refractivity (Wildman–Crippen MR) is 239 cm³/mol. The van der Waals surface area contributed by atoms with Crippen molar-refractivity contribution in [3.63, 3.8) is 0 Å². The maximum atomic E-state index is 15.2. The minimum absolute atomic E-state index is 0.00798. The summed E-state index contributed by atoms with van der Waals surface area (Å²) in [6.07, 6.45) is 5.30. The molecule has 1 N–H and O–H groups in total. The number of nitrogens with zero attached hydrogens (tertiary/aromatic N) is 2. The molecule has 348 valence electrons. The summed E-state index contributed by atoms with van der Waals surface area (Å²) < 4.78 is 50.6. The molecule has 8 rings (SSSR count). The maximum Gasteiger partial charge on any atom is 0.306 e. The molecule has 2 unspecified atom stereocenters. The lowest BCUT2D eigenvalue weighted by atomic mass is 9.67. The number of methoxy groups -OCH3 is 3. The summed E-state index contributed by atoms with van der Waals surface area (Å²) in [5.74, 6) is -0.955. The molecule has 1 aromatic heterocycles. The lowest BCUT2D eigenvalue weighted by molar-refractivity contribution is -0.314. The van der Waals surface area contributed by atoms with Gasteiger partial charge in [-0.1, -0.05) is 50.3 Å². The third-order valence-electron chi connectivity index (χ3n) is 15.2. The van der Waals surface area contributed by atoms with Gasteiger partial charge in [0.2, 0.25) is 0 Å². The highest BCUT2D eigenvalue weighted by atomic mass is 32.1. The van der Waals surface area contributed by atoms with Gasteiger partial charge in [0.1, 0.15) is 24.4 Å². The first-order chi connectivity index (χ1) is 30.4. The Hall–Kier alpha value is -2.79. The van der Waals surface area contributed by atoms with Crippen LogP contribution in [0.25, 0.3) is 0 Å². The number of rotatable bonds is 12. The summed E-state index contributed by atoms with van der Waals surface area (Å²) in [7, 11) is 9.17. The van der Waals surface area contributed by atoms with Crippen molar-refractivity contribution < 1.29 is 47.5 Å². The zero-order chi connectivity index (χ0) is 44.5. The van der Waals surface area contributed by atoms with Gasteiger partial charge in [-0.05, 0) is 102 Å². The number of benzene rings is 1. The van der Waals surface area contributed by atoms with E-state index in [1.165, 1.54) is 4.88 Å². The summed E-state index contributed by atoms with van der Waals surface area (Å²) in [6.45, 7) is 8.81. The topological polar surface area (TPSA) is 136 Å². The number of nitrogens with one attached hydrogen (secondary N) is 1. The molecule has 4 fully saturated rings. The van der Waals surface area contributed by atoms with Crippen LogP contribution in [-0.2, 0) is 54.0 Å². The summed E-state index contributed by atoms with van der Waals surface area (Å²) in [6, 6.07) is 10.6. The molecule has 6 aliphatic rings. The van der Waals surface area contributed by atoms with Crippen LogP contribution < -0.4 is 5.32 Å². The van der Waals surface area contributed by atoms with Crippen LogP contribution in [0, 0.1) is 23.7 Å². The van der Waals surface area contributed by atoms with Crippen molar-refractivity contribution in [2.75, 3.05) is 40.7 Å². The molecule has 1 saturated carbocycles. The van der Waals surface area contributed by atoms with Crippen molar-refractivity contribution in [1.82, 2.24) is 9.88 Å². The number of hydrogen-bond donors (Lipinski definition) is 1. The Morgan fingerprint density at radius 2 is 1.63 bits per heavy atom. The fraction of sp³-hybridized carbons (Fsp3) is 0.735. The first-order valence-corrected chi connectivity index (χ1v) is 24.3. The molecule has 3 aliphatic carbocycles. The van der Waals surface area contributed by atoms with Crippen LogP contribution in [0.4, 0.5) is 5.13 Å². The SMILES string of the molecule is CC[C@H]1CCC[C@H](O[C@H]2CC[C@H](N(C)C)[C@@H](C)O2)[C@@H](C)C(=O)C2=C[C@@H]3C(c4nc(NCc5ccccc5)sc4C4C[C@@H](O[C@@H]5O[C@@H](C)[C@H](OC)[C@@H](OC)[C@H]5OC)C[C@H]43)[C@@H]2CC(=O)O1. The van der Waals surface area contributed by atoms with Gasteiger partial charge in [0.15, 0.2) is 23.5 Å². The molecular weight excluding hydrogens is 823 g/mol. The zero-order valence-corrected chi connectivity index (χ0v) is 39.6. The van der Waals surface area contributed by atoms with Crippen molar-refractivity contribution in [3.8, 4) is 0 Å². The number of cyclic esters (lactones) is 1. The van der Waals surface area contributed by atoms with E-state index in [1.807, 2.05) is 32.0 Å². The van der Waals surface area contributed by atoms with Crippen molar-refractivity contribution in [1.29, 1.82) is 0 Å². The van der Waals surface area contributed by atoms with Gasteiger partial charge in [-0.25, -0.2) is 4.98 Å². The largest absolute Gasteiger partial charge is 0.462 e. The number of anilines is 1. The first kappa shape index (κ1) is 46.7. The molecule has 4 heterocycles. The summed E-state index contributed by atoms with van der Waals surface area (Å²) in [5.41, 5.74) is 2.86. The Bertz CT molecular complexity index is 1890. The third kappa shape index (κ3) is 9.72. The van der Waals surface area contributed by atoms with Crippen LogP contribution in [0.3, 0.4) is 0 Å². The highest BCUT2D eigenvalue weighted by Crippen LogP contribution is 2.63. The molecule has 13 nitrogen and oxygen atoms in total. The maximum absolute atomic E-state index is 15.2. The summed E-state index contributed by atoms with van der Waals surface area (Å²) >= 11 is 1.70. The van der Waals surface area contributed by atoms with Gasteiger partial charge in [-0.2, -0.15) is 0 Å². The Balaban J connectivity index is 1.12. The Kier molecular flexibility index (Phi) is 15.1. The van der Waals surface area contributed by atoms with E-state index >= 15 is 4.79 Å². The van der Waals surface area contributed by atoms with Crippen LogP contribution in [0.2, 0.25) is 0 Å². The molecule has 0 spiro atoms. The highest BCUT2D eigenvalue weighted by Gasteiger charge is 2.57. The van der Waals surface area contributed by atoms with Crippen molar-refractivity contribution >= 4 is 28.2 Å². The van der Waals surface area contributed by atoms with Gasteiger partial charge in [0.05, 0.1) is 36.5 Å². The minimum Gasteiger partial charge on any atom is -0.462 e. The van der Waals surface area contributed by atoms with E-state index in [1.54, 1.807) is 32.7 Å². The number of allylic oxidation sites excluding steroid dienone is 2. The number of fused-ring (bicyclic) bond motifs is 8. The second-order valence-corrected chi connectivity index (χ2v) is 20.1. The molecule has 1 aromatic carbocycles. The van der Waals surface area contributed by atoms with Gasteiger partial charge < -0.3 is 48.1 Å². The smallest absolute Gasteiger partial charge is 0.306 e. The number of aromatic nitrogens is 1. The predicted octanol–water partition coefficient (Wildman–Crippen LogP) is 7.63. The van der Waals surface area contributed by atoms with E-state index in [4.69, 9.17) is 42.9 Å². The number of hydrogen-bond acceptors (Lipinski definition) is 14. The van der Waals surface area contributed by atoms with Gasteiger partial charge in [-0.15, -0.1) is 11.3 Å². The molecule has 63 heavy (non-hydrogen) atoms. The fourth-order valence-corrected chi connectivity index (χ4v) is 13.1. The van der Waals surface area contributed by atoms with Gasteiger partial charge in [0.25, 0.3) is 0 Å². The Labute approximate surface area is 378 Å². The lowest BCUT2D eigenvalue weighted by Gasteiger charge is -2.44. The van der Waals surface area contributed by atoms with Crippen molar-refractivity contribution in [2.45, 2.75) is 171 Å². The Morgan fingerprint density at radius 1 is 0.873 bits per heavy atom. The van der Waals surface area contributed by atoms with Crippen LogP contribution >= 0.6 is 11.3 Å². The third-order valence-corrected chi connectivity index (χ3v) is 16.3. The molecule has 3 aliphatic heterocycles. The number of carbonyl (C=O) groups excluding carboxylic acids is 2. The quantitative estimate of drug-likeness (QED) is 0.210.